The standard InChI is InChI=1S/C14H23NO2/c16-8-4-2-1-3-7-15-14(17)13-10-11-5-6-12(13)9-11/h5-6,11-13,16H,1-4,7-10H2,(H,15,17). The second-order valence-corrected chi connectivity index (χ2v) is 5.32. The first kappa shape index (κ1) is 12.6. The lowest BCUT2D eigenvalue weighted by molar-refractivity contribution is -0.125. The molecule has 2 bridgehead atoms. The summed E-state index contributed by atoms with van der Waals surface area (Å²) in [7, 11) is 0. The monoisotopic (exact) mass is 237 g/mol. The predicted octanol–water partition coefficient (Wildman–Crippen LogP) is 1.87. The maximum absolute atomic E-state index is 11.9. The van der Waals surface area contributed by atoms with E-state index in [4.69, 9.17) is 5.11 Å². The largest absolute Gasteiger partial charge is 0.396 e. The lowest BCUT2D eigenvalue weighted by Gasteiger charge is -2.17. The molecule has 1 saturated carbocycles. The van der Waals surface area contributed by atoms with Crippen LogP contribution in [0.2, 0.25) is 0 Å². The summed E-state index contributed by atoms with van der Waals surface area (Å²) in [6.07, 6.45) is 10.8. The van der Waals surface area contributed by atoms with Crippen LogP contribution in [0.5, 0.6) is 0 Å². The molecule has 2 rings (SSSR count). The third-order valence-corrected chi connectivity index (χ3v) is 4.00. The summed E-state index contributed by atoms with van der Waals surface area (Å²) in [6, 6.07) is 0. The van der Waals surface area contributed by atoms with Crippen molar-refractivity contribution in [2.45, 2.75) is 38.5 Å². The number of fused-ring (bicyclic) bond motifs is 2. The molecule has 0 aromatic rings. The van der Waals surface area contributed by atoms with E-state index in [1.807, 2.05) is 0 Å². The normalized spacial score (nSPS) is 29.8. The Morgan fingerprint density at radius 2 is 2.00 bits per heavy atom. The quantitative estimate of drug-likeness (QED) is 0.524. The van der Waals surface area contributed by atoms with Gasteiger partial charge in [0.05, 0.1) is 0 Å². The first-order valence-corrected chi connectivity index (χ1v) is 6.88. The Hall–Kier alpha value is -0.830. The number of hydrogen-bond acceptors (Lipinski definition) is 2. The van der Waals surface area contributed by atoms with Gasteiger partial charge in [-0.3, -0.25) is 4.79 Å². The zero-order chi connectivity index (χ0) is 12.1. The van der Waals surface area contributed by atoms with E-state index in [1.165, 1.54) is 6.42 Å². The van der Waals surface area contributed by atoms with Crippen LogP contribution in [0.25, 0.3) is 0 Å². The molecule has 0 radical (unpaired) electrons. The van der Waals surface area contributed by atoms with Crippen molar-refractivity contribution in [3.63, 3.8) is 0 Å². The van der Waals surface area contributed by atoms with Crippen molar-refractivity contribution in [1.82, 2.24) is 5.32 Å². The molecule has 96 valence electrons. The molecule has 1 fully saturated rings. The van der Waals surface area contributed by atoms with E-state index < -0.39 is 0 Å². The summed E-state index contributed by atoms with van der Waals surface area (Å²) >= 11 is 0. The van der Waals surface area contributed by atoms with Gasteiger partial charge in [0.25, 0.3) is 0 Å². The number of aliphatic hydroxyl groups is 1. The molecule has 3 atom stereocenters. The van der Waals surface area contributed by atoms with E-state index in [0.717, 1.165) is 38.6 Å². The van der Waals surface area contributed by atoms with Gasteiger partial charge in [-0.05, 0) is 37.5 Å². The first-order chi connectivity index (χ1) is 8.31. The van der Waals surface area contributed by atoms with Gasteiger partial charge < -0.3 is 10.4 Å². The van der Waals surface area contributed by atoms with E-state index in [9.17, 15) is 4.79 Å². The van der Waals surface area contributed by atoms with Gasteiger partial charge in [0.1, 0.15) is 0 Å². The summed E-state index contributed by atoms with van der Waals surface area (Å²) in [5.41, 5.74) is 0. The van der Waals surface area contributed by atoms with Gasteiger partial charge in [-0.1, -0.05) is 25.0 Å². The molecular formula is C14H23NO2. The number of nitrogens with one attached hydrogen (secondary N) is 1. The van der Waals surface area contributed by atoms with Crippen molar-refractivity contribution in [2.24, 2.45) is 17.8 Å². The van der Waals surface area contributed by atoms with E-state index in [0.29, 0.717) is 11.8 Å². The molecular weight excluding hydrogens is 214 g/mol. The highest BCUT2D eigenvalue weighted by molar-refractivity contribution is 5.79. The van der Waals surface area contributed by atoms with Crippen molar-refractivity contribution in [1.29, 1.82) is 0 Å². The van der Waals surface area contributed by atoms with E-state index in [2.05, 4.69) is 17.5 Å². The van der Waals surface area contributed by atoms with Crippen LogP contribution in [0.1, 0.15) is 38.5 Å². The molecule has 0 aromatic heterocycles. The topological polar surface area (TPSA) is 49.3 Å². The Bertz CT molecular complexity index is 288. The molecule has 0 aliphatic heterocycles. The third-order valence-electron chi connectivity index (χ3n) is 4.00. The second kappa shape index (κ2) is 6.20. The Balaban J connectivity index is 1.57. The van der Waals surface area contributed by atoms with Crippen molar-refractivity contribution >= 4 is 5.91 Å². The molecule has 2 aliphatic rings. The Labute approximate surface area is 103 Å². The van der Waals surface area contributed by atoms with Gasteiger partial charge in [-0.15, -0.1) is 0 Å². The first-order valence-electron chi connectivity index (χ1n) is 6.88. The molecule has 0 aromatic carbocycles. The molecule has 0 heterocycles. The minimum atomic E-state index is 0.238. The number of carbonyl (C=O) groups is 1. The molecule has 1 amide bonds. The maximum Gasteiger partial charge on any atom is 0.223 e. The van der Waals surface area contributed by atoms with Gasteiger partial charge in [-0.2, -0.15) is 0 Å². The van der Waals surface area contributed by atoms with Crippen LogP contribution in [0, 0.1) is 17.8 Å². The maximum atomic E-state index is 11.9. The van der Waals surface area contributed by atoms with Crippen LogP contribution < -0.4 is 5.32 Å². The predicted molar refractivity (Wildman–Crippen MR) is 67.4 cm³/mol. The number of rotatable bonds is 7. The molecule has 0 saturated heterocycles. The Kier molecular flexibility index (Phi) is 4.60. The number of unbranched alkanes of at least 4 members (excludes halogenated alkanes) is 3. The summed E-state index contributed by atoms with van der Waals surface area (Å²) in [5.74, 6) is 1.67. The summed E-state index contributed by atoms with van der Waals surface area (Å²) in [6.45, 7) is 1.08. The van der Waals surface area contributed by atoms with Crippen molar-refractivity contribution in [3.05, 3.63) is 12.2 Å². The van der Waals surface area contributed by atoms with Gasteiger partial charge >= 0.3 is 0 Å². The highest BCUT2D eigenvalue weighted by atomic mass is 16.2. The Morgan fingerprint density at radius 3 is 2.65 bits per heavy atom. The van der Waals surface area contributed by atoms with Gasteiger partial charge in [0, 0.05) is 19.1 Å². The molecule has 17 heavy (non-hydrogen) atoms. The fraction of sp³-hybridized carbons (Fsp3) is 0.786. The van der Waals surface area contributed by atoms with E-state index in [-0.39, 0.29) is 18.4 Å². The van der Waals surface area contributed by atoms with Crippen LogP contribution in [-0.2, 0) is 4.79 Å². The number of hydrogen-bond donors (Lipinski definition) is 2. The summed E-state index contributed by atoms with van der Waals surface area (Å²) in [4.78, 5) is 11.9. The molecule has 0 spiro atoms. The molecule has 3 nitrogen and oxygen atoms in total. The number of allylic oxidation sites excluding steroid dienone is 2. The minimum Gasteiger partial charge on any atom is -0.396 e. The van der Waals surface area contributed by atoms with Crippen LogP contribution in [-0.4, -0.2) is 24.2 Å². The number of carbonyl (C=O) groups excluding carboxylic acids is 1. The molecule has 3 unspecified atom stereocenters. The van der Waals surface area contributed by atoms with Crippen molar-refractivity contribution < 1.29 is 9.90 Å². The van der Waals surface area contributed by atoms with Crippen LogP contribution in [0.3, 0.4) is 0 Å². The van der Waals surface area contributed by atoms with Gasteiger partial charge in [0.15, 0.2) is 0 Å². The van der Waals surface area contributed by atoms with E-state index >= 15 is 0 Å². The van der Waals surface area contributed by atoms with Gasteiger partial charge in [0.2, 0.25) is 5.91 Å². The average molecular weight is 237 g/mol. The SMILES string of the molecule is O=C(NCCCCCCO)C1CC2C=CC1C2. The zero-order valence-electron chi connectivity index (χ0n) is 10.4. The highest BCUT2D eigenvalue weighted by Gasteiger charge is 2.39. The highest BCUT2D eigenvalue weighted by Crippen LogP contribution is 2.43. The van der Waals surface area contributed by atoms with Crippen LogP contribution in [0.15, 0.2) is 12.2 Å². The molecule has 3 heteroatoms. The minimum absolute atomic E-state index is 0.238. The third kappa shape index (κ3) is 3.32. The number of aliphatic hydroxyl groups excluding tert-OH is 1. The summed E-state index contributed by atoms with van der Waals surface area (Å²) in [5, 5.41) is 11.7. The van der Waals surface area contributed by atoms with Crippen molar-refractivity contribution in [2.75, 3.05) is 13.2 Å². The van der Waals surface area contributed by atoms with Crippen LogP contribution in [0.4, 0.5) is 0 Å². The van der Waals surface area contributed by atoms with Crippen molar-refractivity contribution in [3.8, 4) is 0 Å². The fourth-order valence-corrected chi connectivity index (χ4v) is 3.02. The lowest BCUT2D eigenvalue weighted by Crippen LogP contribution is -2.33. The summed E-state index contributed by atoms with van der Waals surface area (Å²) < 4.78 is 0. The van der Waals surface area contributed by atoms with E-state index in [1.54, 1.807) is 0 Å². The smallest absolute Gasteiger partial charge is 0.223 e. The average Bonchev–Trinajstić information content (AvgIpc) is 2.95. The van der Waals surface area contributed by atoms with Crippen LogP contribution >= 0.6 is 0 Å². The lowest BCUT2D eigenvalue weighted by atomic mass is 9.93. The number of amides is 1. The molecule has 2 N–H and O–H groups in total. The molecule has 2 aliphatic carbocycles. The van der Waals surface area contributed by atoms with Gasteiger partial charge in [-0.25, -0.2) is 0 Å². The zero-order valence-corrected chi connectivity index (χ0v) is 10.4. The Morgan fingerprint density at radius 1 is 1.18 bits per heavy atom. The fourth-order valence-electron chi connectivity index (χ4n) is 3.02. The second-order valence-electron chi connectivity index (χ2n) is 5.32.